The Morgan fingerprint density at radius 2 is 2.00 bits per heavy atom. The van der Waals surface area contributed by atoms with Crippen LogP contribution in [0, 0.1) is 0 Å². The number of benzene rings is 1. The molecule has 0 saturated carbocycles. The van der Waals surface area contributed by atoms with Crippen molar-refractivity contribution in [1.82, 2.24) is 9.80 Å². The molecule has 1 saturated heterocycles. The molecule has 1 aliphatic rings. The average molecular weight is 312 g/mol. The van der Waals surface area contributed by atoms with Crippen molar-refractivity contribution < 1.29 is 9.53 Å². The Morgan fingerprint density at radius 1 is 1.33 bits per heavy atom. The zero-order valence-corrected chi connectivity index (χ0v) is 13.1. The molecule has 1 aromatic carbocycles. The van der Waals surface area contributed by atoms with Crippen LogP contribution in [-0.2, 0) is 4.74 Å². The third-order valence-electron chi connectivity index (χ3n) is 3.77. The number of hydrogen-bond donors (Lipinski definition) is 1. The smallest absolute Gasteiger partial charge is 0.409 e. The van der Waals surface area contributed by atoms with E-state index in [4.69, 9.17) is 22.1 Å². The molecule has 1 heterocycles. The van der Waals surface area contributed by atoms with Crippen molar-refractivity contribution in [3.8, 4) is 0 Å². The lowest BCUT2D eigenvalue weighted by atomic mass is 10.0. The van der Waals surface area contributed by atoms with Crippen molar-refractivity contribution in [3.05, 3.63) is 34.9 Å². The summed E-state index contributed by atoms with van der Waals surface area (Å²) in [6.07, 6.45) is -0.237. The Hall–Kier alpha value is -1.30. The first-order valence-corrected chi connectivity index (χ1v) is 7.65. The number of carbonyl (C=O) groups excluding carboxylic acids is 1. The van der Waals surface area contributed by atoms with Crippen molar-refractivity contribution in [1.29, 1.82) is 0 Å². The lowest BCUT2D eigenvalue weighted by Gasteiger charge is -2.38. The van der Waals surface area contributed by atoms with Gasteiger partial charge in [-0.2, -0.15) is 0 Å². The number of nitrogens with two attached hydrogens (primary N) is 1. The number of hydrogen-bond acceptors (Lipinski definition) is 4. The molecule has 0 spiro atoms. The Kier molecular flexibility index (Phi) is 5.85. The SMILES string of the molecule is CCOC(=O)N1CCN(C(CN)c2ccccc2Cl)CC1. The highest BCUT2D eigenvalue weighted by Crippen LogP contribution is 2.27. The second-order valence-corrected chi connectivity index (χ2v) is 5.40. The van der Waals surface area contributed by atoms with Gasteiger partial charge in [0.15, 0.2) is 0 Å². The minimum atomic E-state index is -0.237. The summed E-state index contributed by atoms with van der Waals surface area (Å²) in [5.41, 5.74) is 6.99. The lowest BCUT2D eigenvalue weighted by molar-refractivity contribution is 0.0671. The van der Waals surface area contributed by atoms with E-state index in [0.717, 1.165) is 23.7 Å². The number of ether oxygens (including phenoxy) is 1. The normalized spacial score (nSPS) is 17.6. The van der Waals surface area contributed by atoms with Gasteiger partial charge in [0.25, 0.3) is 0 Å². The van der Waals surface area contributed by atoms with E-state index in [1.807, 2.05) is 31.2 Å². The molecular formula is C15H22ClN3O2. The average Bonchev–Trinajstić information content (AvgIpc) is 2.51. The van der Waals surface area contributed by atoms with Crippen LogP contribution in [0.1, 0.15) is 18.5 Å². The van der Waals surface area contributed by atoms with E-state index in [0.29, 0.717) is 26.2 Å². The van der Waals surface area contributed by atoms with Gasteiger partial charge in [-0.3, -0.25) is 4.90 Å². The summed E-state index contributed by atoms with van der Waals surface area (Å²) in [5, 5.41) is 0.737. The topological polar surface area (TPSA) is 58.8 Å². The van der Waals surface area contributed by atoms with Crippen molar-refractivity contribution in [2.75, 3.05) is 39.3 Å². The number of piperazine rings is 1. The summed E-state index contributed by atoms with van der Waals surface area (Å²) in [6.45, 7) is 5.57. The van der Waals surface area contributed by atoms with Crippen LogP contribution in [0.5, 0.6) is 0 Å². The van der Waals surface area contributed by atoms with Gasteiger partial charge < -0.3 is 15.4 Å². The third kappa shape index (κ3) is 3.87. The minimum Gasteiger partial charge on any atom is -0.450 e. The van der Waals surface area contributed by atoms with Crippen LogP contribution in [0.4, 0.5) is 4.79 Å². The molecular weight excluding hydrogens is 290 g/mol. The van der Waals surface area contributed by atoms with Gasteiger partial charge >= 0.3 is 6.09 Å². The van der Waals surface area contributed by atoms with E-state index in [-0.39, 0.29) is 12.1 Å². The molecule has 6 heteroatoms. The highest BCUT2D eigenvalue weighted by Gasteiger charge is 2.27. The van der Waals surface area contributed by atoms with Crippen molar-refractivity contribution in [2.24, 2.45) is 5.73 Å². The Labute approximate surface area is 130 Å². The zero-order chi connectivity index (χ0) is 15.2. The molecule has 1 amide bonds. The molecule has 5 nitrogen and oxygen atoms in total. The Morgan fingerprint density at radius 3 is 2.57 bits per heavy atom. The summed E-state index contributed by atoms with van der Waals surface area (Å²) in [7, 11) is 0. The predicted octanol–water partition coefficient (Wildman–Crippen LogP) is 2.11. The van der Waals surface area contributed by atoms with Gasteiger partial charge in [0.2, 0.25) is 0 Å². The highest BCUT2D eigenvalue weighted by atomic mass is 35.5. The van der Waals surface area contributed by atoms with Crippen LogP contribution >= 0.6 is 11.6 Å². The summed E-state index contributed by atoms with van der Waals surface area (Å²) < 4.78 is 5.03. The molecule has 1 aliphatic heterocycles. The molecule has 1 aromatic rings. The molecule has 0 bridgehead atoms. The maximum absolute atomic E-state index is 11.7. The zero-order valence-electron chi connectivity index (χ0n) is 12.3. The maximum atomic E-state index is 11.7. The van der Waals surface area contributed by atoms with Crippen LogP contribution in [0.25, 0.3) is 0 Å². The largest absolute Gasteiger partial charge is 0.450 e. The van der Waals surface area contributed by atoms with Crippen LogP contribution in [0.3, 0.4) is 0 Å². The Bertz CT molecular complexity index is 476. The number of halogens is 1. The standard InChI is InChI=1S/C15H22ClN3O2/c1-2-21-15(20)19-9-7-18(8-10-19)14(11-17)12-5-3-4-6-13(12)16/h3-6,14H,2,7-11,17H2,1H3. The van der Waals surface area contributed by atoms with Crippen LogP contribution in [-0.4, -0.2) is 55.2 Å². The van der Waals surface area contributed by atoms with Crippen molar-refractivity contribution >= 4 is 17.7 Å². The van der Waals surface area contributed by atoms with Gasteiger partial charge in [-0.25, -0.2) is 4.79 Å². The Balaban J connectivity index is 2.00. The molecule has 0 aromatic heterocycles. The predicted molar refractivity (Wildman–Crippen MR) is 83.4 cm³/mol. The lowest BCUT2D eigenvalue weighted by Crippen LogP contribution is -2.51. The third-order valence-corrected chi connectivity index (χ3v) is 4.11. The molecule has 0 aliphatic carbocycles. The highest BCUT2D eigenvalue weighted by molar-refractivity contribution is 6.31. The van der Waals surface area contributed by atoms with E-state index in [1.165, 1.54) is 0 Å². The first-order chi connectivity index (χ1) is 10.2. The minimum absolute atomic E-state index is 0.0862. The number of amides is 1. The van der Waals surface area contributed by atoms with Gasteiger partial charge in [0, 0.05) is 43.8 Å². The fourth-order valence-corrected chi connectivity index (χ4v) is 2.91. The van der Waals surface area contributed by atoms with Gasteiger partial charge in [-0.05, 0) is 18.6 Å². The fraction of sp³-hybridized carbons (Fsp3) is 0.533. The van der Waals surface area contributed by atoms with Gasteiger partial charge in [-0.15, -0.1) is 0 Å². The van der Waals surface area contributed by atoms with Crippen LogP contribution in [0.2, 0.25) is 5.02 Å². The first kappa shape index (κ1) is 16.1. The summed E-state index contributed by atoms with van der Waals surface area (Å²) >= 11 is 6.27. The molecule has 0 radical (unpaired) electrons. The first-order valence-electron chi connectivity index (χ1n) is 7.27. The van der Waals surface area contributed by atoms with E-state index < -0.39 is 0 Å². The number of rotatable bonds is 4. The van der Waals surface area contributed by atoms with E-state index in [1.54, 1.807) is 4.90 Å². The molecule has 1 unspecified atom stereocenters. The fourth-order valence-electron chi connectivity index (χ4n) is 2.65. The van der Waals surface area contributed by atoms with E-state index in [2.05, 4.69) is 4.90 Å². The molecule has 1 atom stereocenters. The van der Waals surface area contributed by atoms with Crippen LogP contribution in [0.15, 0.2) is 24.3 Å². The van der Waals surface area contributed by atoms with Gasteiger partial charge in [-0.1, -0.05) is 29.8 Å². The molecule has 2 rings (SSSR count). The van der Waals surface area contributed by atoms with E-state index in [9.17, 15) is 4.79 Å². The summed E-state index contributed by atoms with van der Waals surface area (Å²) in [6, 6.07) is 7.87. The monoisotopic (exact) mass is 311 g/mol. The van der Waals surface area contributed by atoms with Crippen LogP contribution < -0.4 is 5.73 Å². The molecule has 116 valence electrons. The van der Waals surface area contributed by atoms with Crippen molar-refractivity contribution in [2.45, 2.75) is 13.0 Å². The number of nitrogens with zero attached hydrogens (tertiary/aromatic N) is 2. The second kappa shape index (κ2) is 7.64. The quantitative estimate of drug-likeness (QED) is 0.925. The maximum Gasteiger partial charge on any atom is 0.409 e. The van der Waals surface area contributed by atoms with Gasteiger partial charge in [0.05, 0.1) is 6.61 Å². The molecule has 21 heavy (non-hydrogen) atoms. The summed E-state index contributed by atoms with van der Waals surface area (Å²) in [4.78, 5) is 15.7. The number of carbonyl (C=O) groups is 1. The second-order valence-electron chi connectivity index (χ2n) is 4.99. The molecule has 2 N–H and O–H groups in total. The summed E-state index contributed by atoms with van der Waals surface area (Å²) in [5.74, 6) is 0. The molecule has 1 fully saturated rings. The van der Waals surface area contributed by atoms with Crippen molar-refractivity contribution in [3.63, 3.8) is 0 Å². The van der Waals surface area contributed by atoms with E-state index >= 15 is 0 Å². The van der Waals surface area contributed by atoms with Gasteiger partial charge in [0.1, 0.15) is 0 Å².